The molecule has 0 aromatic carbocycles. The highest BCUT2D eigenvalue weighted by Crippen LogP contribution is 2.16. The first kappa shape index (κ1) is 12.0. The van der Waals surface area contributed by atoms with E-state index in [0.717, 1.165) is 13.1 Å². The number of likely N-dealkylation sites (N-methyl/N-ethyl adjacent to an activating group) is 1. The molecule has 0 amide bonds. The summed E-state index contributed by atoms with van der Waals surface area (Å²) in [6, 6.07) is 0. The lowest BCUT2D eigenvalue weighted by atomic mass is 10.3. The standard InChI is InChI=1S/C9H13F3N2O/c1-13-4-6-14(7-5-13)3-2-8(15)9(10,11)12/h2-3H,4-7H2,1H3/p+1/b3-2+. The Morgan fingerprint density at radius 2 is 1.87 bits per heavy atom. The molecule has 1 aliphatic heterocycles. The van der Waals surface area contributed by atoms with Crippen molar-refractivity contribution < 1.29 is 22.9 Å². The second-order valence-corrected chi connectivity index (χ2v) is 3.67. The summed E-state index contributed by atoms with van der Waals surface area (Å²) in [5, 5.41) is 0. The molecule has 0 aromatic rings. The van der Waals surface area contributed by atoms with E-state index in [0.29, 0.717) is 19.2 Å². The lowest BCUT2D eigenvalue weighted by Crippen LogP contribution is -3.11. The number of nitrogens with one attached hydrogen (secondary N) is 1. The van der Waals surface area contributed by atoms with Crippen LogP contribution in [-0.2, 0) is 4.79 Å². The SMILES string of the molecule is C[NH+]1CCN(/C=C/C(=O)C(F)(F)F)CC1. The molecule has 15 heavy (non-hydrogen) atoms. The van der Waals surface area contributed by atoms with Crippen LogP contribution in [-0.4, -0.2) is 50.1 Å². The molecule has 0 saturated carbocycles. The van der Waals surface area contributed by atoms with Crippen LogP contribution in [0.15, 0.2) is 12.3 Å². The van der Waals surface area contributed by atoms with Crippen molar-refractivity contribution in [1.29, 1.82) is 0 Å². The van der Waals surface area contributed by atoms with Gasteiger partial charge in [-0.1, -0.05) is 0 Å². The Morgan fingerprint density at radius 3 is 2.33 bits per heavy atom. The van der Waals surface area contributed by atoms with Gasteiger partial charge in [0, 0.05) is 12.3 Å². The molecule has 1 N–H and O–H groups in total. The number of nitrogens with zero attached hydrogens (tertiary/aromatic N) is 1. The van der Waals surface area contributed by atoms with E-state index in [1.807, 2.05) is 7.05 Å². The Labute approximate surface area is 86.1 Å². The van der Waals surface area contributed by atoms with E-state index in [9.17, 15) is 18.0 Å². The lowest BCUT2D eigenvalue weighted by molar-refractivity contribution is -0.883. The summed E-state index contributed by atoms with van der Waals surface area (Å²) < 4.78 is 35.5. The monoisotopic (exact) mass is 223 g/mol. The number of ketones is 1. The number of allylic oxidation sites excluding steroid dienone is 1. The molecule has 0 unspecified atom stereocenters. The average Bonchev–Trinajstić information content (AvgIpc) is 2.15. The Kier molecular flexibility index (Phi) is 3.73. The third-order valence-electron chi connectivity index (χ3n) is 2.37. The van der Waals surface area contributed by atoms with Crippen molar-refractivity contribution in [3.05, 3.63) is 12.3 Å². The summed E-state index contributed by atoms with van der Waals surface area (Å²) in [5.41, 5.74) is 0. The van der Waals surface area contributed by atoms with Gasteiger partial charge in [-0.2, -0.15) is 13.2 Å². The fourth-order valence-corrected chi connectivity index (χ4v) is 1.32. The van der Waals surface area contributed by atoms with Gasteiger partial charge in [0.1, 0.15) is 0 Å². The minimum atomic E-state index is -4.76. The van der Waals surface area contributed by atoms with Gasteiger partial charge in [-0.15, -0.1) is 0 Å². The van der Waals surface area contributed by atoms with Gasteiger partial charge >= 0.3 is 6.18 Å². The molecule has 1 heterocycles. The average molecular weight is 223 g/mol. The van der Waals surface area contributed by atoms with Crippen molar-refractivity contribution in [2.24, 2.45) is 0 Å². The first-order valence-electron chi connectivity index (χ1n) is 4.74. The lowest BCUT2D eigenvalue weighted by Gasteiger charge is -2.28. The molecular formula is C9H14F3N2O+. The van der Waals surface area contributed by atoms with Crippen LogP contribution in [0.3, 0.4) is 0 Å². The van der Waals surface area contributed by atoms with Crippen LogP contribution in [0.2, 0.25) is 0 Å². The molecule has 1 saturated heterocycles. The first-order valence-corrected chi connectivity index (χ1v) is 4.74. The van der Waals surface area contributed by atoms with Crippen molar-refractivity contribution >= 4 is 5.78 Å². The maximum Gasteiger partial charge on any atom is 0.454 e. The van der Waals surface area contributed by atoms with Crippen molar-refractivity contribution in [1.82, 2.24) is 4.90 Å². The third kappa shape index (κ3) is 3.91. The molecule has 1 rings (SSSR count). The molecule has 86 valence electrons. The van der Waals surface area contributed by atoms with Gasteiger partial charge in [0.05, 0.1) is 33.2 Å². The highest BCUT2D eigenvalue weighted by molar-refractivity contribution is 5.94. The normalized spacial score (nSPS) is 19.9. The van der Waals surface area contributed by atoms with E-state index in [-0.39, 0.29) is 0 Å². The van der Waals surface area contributed by atoms with Gasteiger partial charge in [0.25, 0.3) is 5.78 Å². The predicted molar refractivity (Wildman–Crippen MR) is 48.4 cm³/mol. The van der Waals surface area contributed by atoms with Crippen LogP contribution in [0, 0.1) is 0 Å². The minimum Gasteiger partial charge on any atom is -0.366 e. The number of quaternary nitrogens is 1. The van der Waals surface area contributed by atoms with E-state index in [2.05, 4.69) is 0 Å². The van der Waals surface area contributed by atoms with Crippen LogP contribution in [0.1, 0.15) is 0 Å². The molecule has 1 fully saturated rings. The Bertz CT molecular complexity index is 255. The number of carbonyl (C=O) groups is 1. The number of alkyl halides is 3. The predicted octanol–water partition coefficient (Wildman–Crippen LogP) is -0.538. The van der Waals surface area contributed by atoms with E-state index >= 15 is 0 Å². The summed E-state index contributed by atoms with van der Waals surface area (Å²) in [6.45, 7) is 3.13. The quantitative estimate of drug-likeness (QED) is 0.636. The van der Waals surface area contributed by atoms with Gasteiger partial charge in [-0.25, -0.2) is 0 Å². The van der Waals surface area contributed by atoms with Crippen molar-refractivity contribution in [2.75, 3.05) is 33.2 Å². The molecule has 0 atom stereocenters. The van der Waals surface area contributed by atoms with Crippen molar-refractivity contribution in [2.45, 2.75) is 6.18 Å². The van der Waals surface area contributed by atoms with Gasteiger partial charge in [-0.3, -0.25) is 4.79 Å². The molecule has 0 spiro atoms. The second kappa shape index (κ2) is 4.65. The van der Waals surface area contributed by atoms with Crippen molar-refractivity contribution in [3.8, 4) is 0 Å². The number of rotatable bonds is 2. The van der Waals surface area contributed by atoms with E-state index in [1.54, 1.807) is 4.90 Å². The summed E-state index contributed by atoms with van der Waals surface area (Å²) in [6.07, 6.45) is -2.92. The topological polar surface area (TPSA) is 24.8 Å². The zero-order valence-electron chi connectivity index (χ0n) is 8.47. The van der Waals surface area contributed by atoms with Crippen LogP contribution < -0.4 is 4.90 Å². The molecular weight excluding hydrogens is 209 g/mol. The summed E-state index contributed by atoms with van der Waals surface area (Å²) >= 11 is 0. The molecule has 0 radical (unpaired) electrons. The molecule has 3 nitrogen and oxygen atoms in total. The highest BCUT2D eigenvalue weighted by atomic mass is 19.4. The van der Waals surface area contributed by atoms with Crippen LogP contribution in [0.5, 0.6) is 0 Å². The van der Waals surface area contributed by atoms with Crippen LogP contribution in [0.25, 0.3) is 0 Å². The van der Waals surface area contributed by atoms with Gasteiger partial charge in [0.15, 0.2) is 0 Å². The smallest absolute Gasteiger partial charge is 0.366 e. The Balaban J connectivity index is 2.42. The van der Waals surface area contributed by atoms with Crippen LogP contribution >= 0.6 is 0 Å². The maximum absolute atomic E-state index is 11.8. The fourth-order valence-electron chi connectivity index (χ4n) is 1.32. The Hall–Kier alpha value is -1.04. The summed E-state index contributed by atoms with van der Waals surface area (Å²) in [4.78, 5) is 13.6. The number of carbonyl (C=O) groups excluding carboxylic acids is 1. The molecule has 0 bridgehead atoms. The van der Waals surface area contributed by atoms with E-state index < -0.39 is 12.0 Å². The fraction of sp³-hybridized carbons (Fsp3) is 0.667. The summed E-state index contributed by atoms with van der Waals surface area (Å²) in [7, 11) is 2.03. The maximum atomic E-state index is 11.8. The number of hydrogen-bond donors (Lipinski definition) is 1. The number of hydrogen-bond acceptors (Lipinski definition) is 2. The van der Waals surface area contributed by atoms with Crippen molar-refractivity contribution in [3.63, 3.8) is 0 Å². The van der Waals surface area contributed by atoms with Crippen LogP contribution in [0.4, 0.5) is 13.2 Å². The molecule has 0 aromatic heterocycles. The number of piperazine rings is 1. The third-order valence-corrected chi connectivity index (χ3v) is 2.37. The first-order chi connectivity index (χ1) is 6.89. The zero-order chi connectivity index (χ0) is 11.5. The Morgan fingerprint density at radius 1 is 1.33 bits per heavy atom. The van der Waals surface area contributed by atoms with Gasteiger partial charge in [-0.05, 0) is 0 Å². The highest BCUT2D eigenvalue weighted by Gasteiger charge is 2.36. The molecule has 1 aliphatic rings. The number of halogens is 3. The van der Waals surface area contributed by atoms with Gasteiger partial charge in [0.2, 0.25) is 0 Å². The molecule has 0 aliphatic carbocycles. The largest absolute Gasteiger partial charge is 0.454 e. The zero-order valence-corrected chi connectivity index (χ0v) is 8.47. The van der Waals surface area contributed by atoms with E-state index in [1.165, 1.54) is 11.1 Å². The van der Waals surface area contributed by atoms with E-state index in [4.69, 9.17) is 0 Å². The molecule has 6 heteroatoms. The van der Waals surface area contributed by atoms with Gasteiger partial charge < -0.3 is 9.80 Å². The summed E-state index contributed by atoms with van der Waals surface area (Å²) in [5.74, 6) is -1.80. The second-order valence-electron chi connectivity index (χ2n) is 3.67. The minimum absolute atomic E-state index is 0.598.